The van der Waals surface area contributed by atoms with Gasteiger partial charge in [0.25, 0.3) is 0 Å². The number of carbonyl (C=O) groups excluding carboxylic acids is 1. The van der Waals surface area contributed by atoms with E-state index >= 15 is 0 Å². The summed E-state index contributed by atoms with van der Waals surface area (Å²) in [4.78, 5) is 18.5. The predicted molar refractivity (Wildman–Crippen MR) is 94.5 cm³/mol. The van der Waals surface area contributed by atoms with Crippen molar-refractivity contribution in [3.8, 4) is 0 Å². The van der Waals surface area contributed by atoms with Crippen LogP contribution in [0.2, 0.25) is 15.3 Å². The highest BCUT2D eigenvalue weighted by molar-refractivity contribution is 8.23. The Hall–Kier alpha value is -0.270. The van der Waals surface area contributed by atoms with Crippen LogP contribution in [-0.2, 0) is 4.74 Å². The van der Waals surface area contributed by atoms with Gasteiger partial charge in [-0.2, -0.15) is 0 Å². The number of ether oxygens (including phenoxy) is 1. The molecule has 0 radical (unpaired) electrons. The molecule has 0 aliphatic carbocycles. The highest BCUT2D eigenvalue weighted by Gasteiger charge is 2.26. The fourth-order valence-corrected chi connectivity index (χ4v) is 4.25. The van der Waals surface area contributed by atoms with Crippen molar-refractivity contribution in [2.45, 2.75) is 24.7 Å². The molecule has 1 aromatic rings. The fraction of sp³-hybridized carbons (Fsp3) is 0.462. The molecule has 0 saturated carbocycles. The lowest BCUT2D eigenvalue weighted by atomic mass is 10.3. The summed E-state index contributed by atoms with van der Waals surface area (Å²) >= 11 is 24.8. The molecule has 9 heteroatoms. The Balaban J connectivity index is 2.38. The average molecular weight is 400 g/mol. The molecule has 0 bridgehead atoms. The molecule has 1 fully saturated rings. The van der Waals surface area contributed by atoms with Gasteiger partial charge in [0.05, 0.1) is 16.5 Å². The number of carbonyl (C=O) groups is 1. The number of hydrogen-bond acceptors (Lipinski definition) is 5. The number of esters is 1. The first-order chi connectivity index (χ1) is 10.5. The first kappa shape index (κ1) is 18.1. The molecule has 0 amide bonds. The van der Waals surface area contributed by atoms with Crippen LogP contribution in [0.5, 0.6) is 0 Å². The molecule has 1 aliphatic heterocycles. The number of nitrogens with zero attached hydrogens (tertiary/aromatic N) is 2. The van der Waals surface area contributed by atoms with Gasteiger partial charge in [-0.05, 0) is 19.8 Å². The molecular weight excluding hydrogens is 387 g/mol. The molecule has 1 saturated heterocycles. The fourth-order valence-electron chi connectivity index (χ4n) is 2.02. The SMILES string of the molecule is CCOC(=O)c1c(Cl)nc(Cl)c(Cl)c1SC(=S)N1CCCC1. The van der Waals surface area contributed by atoms with Gasteiger partial charge in [0.2, 0.25) is 0 Å². The van der Waals surface area contributed by atoms with E-state index in [1.807, 2.05) is 0 Å². The van der Waals surface area contributed by atoms with Crippen LogP contribution < -0.4 is 0 Å². The van der Waals surface area contributed by atoms with Crippen LogP contribution in [0.4, 0.5) is 0 Å². The van der Waals surface area contributed by atoms with Gasteiger partial charge in [0.15, 0.2) is 5.15 Å². The zero-order valence-electron chi connectivity index (χ0n) is 11.7. The van der Waals surface area contributed by atoms with Crippen LogP contribution in [0.25, 0.3) is 0 Å². The van der Waals surface area contributed by atoms with Crippen LogP contribution in [0.3, 0.4) is 0 Å². The summed E-state index contributed by atoms with van der Waals surface area (Å²) in [6.07, 6.45) is 2.19. The first-order valence-corrected chi connectivity index (χ1v) is 9.00. The van der Waals surface area contributed by atoms with E-state index in [2.05, 4.69) is 9.88 Å². The molecule has 4 nitrogen and oxygen atoms in total. The number of hydrogen-bond donors (Lipinski definition) is 0. The summed E-state index contributed by atoms with van der Waals surface area (Å²) in [5, 5.41) is 0.145. The lowest BCUT2D eigenvalue weighted by Gasteiger charge is -2.19. The van der Waals surface area contributed by atoms with E-state index in [1.165, 1.54) is 11.8 Å². The van der Waals surface area contributed by atoms with Gasteiger partial charge in [-0.15, -0.1) is 0 Å². The van der Waals surface area contributed by atoms with E-state index in [0.29, 0.717) is 9.22 Å². The van der Waals surface area contributed by atoms with Gasteiger partial charge < -0.3 is 9.64 Å². The Morgan fingerprint density at radius 1 is 1.32 bits per heavy atom. The highest BCUT2D eigenvalue weighted by atomic mass is 35.5. The Bertz CT molecular complexity index is 607. The van der Waals surface area contributed by atoms with Crippen LogP contribution in [0, 0.1) is 0 Å². The lowest BCUT2D eigenvalue weighted by Crippen LogP contribution is -2.23. The van der Waals surface area contributed by atoms with E-state index in [9.17, 15) is 4.79 Å². The van der Waals surface area contributed by atoms with Crippen molar-refractivity contribution in [1.82, 2.24) is 9.88 Å². The third kappa shape index (κ3) is 3.97. The molecule has 2 heterocycles. The maximum Gasteiger partial charge on any atom is 0.342 e. The van der Waals surface area contributed by atoms with Crippen LogP contribution in [0.15, 0.2) is 4.90 Å². The molecule has 2 rings (SSSR count). The molecule has 0 spiro atoms. The maximum absolute atomic E-state index is 12.1. The van der Waals surface area contributed by atoms with Crippen molar-refractivity contribution in [1.29, 1.82) is 0 Å². The van der Waals surface area contributed by atoms with Crippen molar-refractivity contribution in [2.24, 2.45) is 0 Å². The molecule has 0 N–H and O–H groups in total. The molecule has 22 heavy (non-hydrogen) atoms. The normalized spacial score (nSPS) is 14.3. The van der Waals surface area contributed by atoms with Crippen LogP contribution in [-0.4, -0.2) is 39.9 Å². The molecule has 1 aliphatic rings. The number of likely N-dealkylation sites (tertiary alicyclic amines) is 1. The van der Waals surface area contributed by atoms with Gasteiger partial charge in [0.1, 0.15) is 15.0 Å². The Kier molecular flexibility index (Phi) is 6.58. The smallest absolute Gasteiger partial charge is 0.342 e. The molecule has 120 valence electrons. The van der Waals surface area contributed by atoms with Crippen molar-refractivity contribution >= 4 is 69.1 Å². The quantitative estimate of drug-likeness (QED) is 0.318. The van der Waals surface area contributed by atoms with Gasteiger partial charge >= 0.3 is 5.97 Å². The van der Waals surface area contributed by atoms with E-state index in [1.54, 1.807) is 6.92 Å². The number of aromatic nitrogens is 1. The molecule has 0 unspecified atom stereocenters. The molecule has 0 aromatic carbocycles. The number of pyridine rings is 1. The lowest BCUT2D eigenvalue weighted by molar-refractivity contribution is 0.0522. The van der Waals surface area contributed by atoms with Gasteiger partial charge in [0, 0.05) is 13.1 Å². The van der Waals surface area contributed by atoms with Crippen LogP contribution in [0.1, 0.15) is 30.1 Å². The number of halogens is 3. The topological polar surface area (TPSA) is 42.4 Å². The highest BCUT2D eigenvalue weighted by Crippen LogP contribution is 2.40. The minimum absolute atomic E-state index is 0.0337. The van der Waals surface area contributed by atoms with E-state index in [4.69, 9.17) is 51.8 Å². The third-order valence-electron chi connectivity index (χ3n) is 3.04. The molecule has 0 atom stereocenters. The standard InChI is InChI=1S/C13H13Cl3N2O2S2/c1-2-20-12(19)7-9(8(14)11(16)17-10(7)15)22-13(21)18-5-3-4-6-18/h2-6H2,1H3. The minimum atomic E-state index is -0.592. The van der Waals surface area contributed by atoms with Crippen molar-refractivity contribution in [3.05, 3.63) is 20.9 Å². The number of thioether (sulfide) groups is 1. The van der Waals surface area contributed by atoms with Crippen molar-refractivity contribution in [2.75, 3.05) is 19.7 Å². The second kappa shape index (κ2) is 8.02. The summed E-state index contributed by atoms with van der Waals surface area (Å²) in [5.74, 6) is -0.592. The zero-order chi connectivity index (χ0) is 16.3. The van der Waals surface area contributed by atoms with Gasteiger partial charge in [-0.1, -0.05) is 58.8 Å². The Morgan fingerprint density at radius 2 is 1.95 bits per heavy atom. The molecule has 1 aromatic heterocycles. The minimum Gasteiger partial charge on any atom is -0.462 e. The Labute approximate surface area is 153 Å². The zero-order valence-corrected chi connectivity index (χ0v) is 15.6. The summed E-state index contributed by atoms with van der Waals surface area (Å²) in [6, 6.07) is 0. The summed E-state index contributed by atoms with van der Waals surface area (Å²) < 4.78 is 5.64. The van der Waals surface area contributed by atoms with E-state index < -0.39 is 5.97 Å². The third-order valence-corrected chi connectivity index (χ3v) is 5.72. The van der Waals surface area contributed by atoms with Gasteiger partial charge in [-0.3, -0.25) is 0 Å². The first-order valence-electron chi connectivity index (χ1n) is 6.64. The second-order valence-electron chi connectivity index (χ2n) is 4.49. The second-order valence-corrected chi connectivity index (χ2v) is 7.23. The van der Waals surface area contributed by atoms with Crippen molar-refractivity contribution in [3.63, 3.8) is 0 Å². The summed E-state index contributed by atoms with van der Waals surface area (Å²) in [7, 11) is 0. The van der Waals surface area contributed by atoms with Gasteiger partial charge in [-0.25, -0.2) is 9.78 Å². The van der Waals surface area contributed by atoms with E-state index in [0.717, 1.165) is 25.9 Å². The van der Waals surface area contributed by atoms with Crippen molar-refractivity contribution < 1.29 is 9.53 Å². The predicted octanol–water partition coefficient (Wildman–Crippen LogP) is 4.69. The van der Waals surface area contributed by atoms with E-state index in [-0.39, 0.29) is 27.5 Å². The summed E-state index contributed by atoms with van der Waals surface area (Å²) in [6.45, 7) is 3.71. The monoisotopic (exact) mass is 398 g/mol. The number of rotatable bonds is 3. The van der Waals surface area contributed by atoms with Crippen LogP contribution >= 0.6 is 58.8 Å². The number of thiocarbonyl (C=S) groups is 1. The largest absolute Gasteiger partial charge is 0.462 e. The average Bonchev–Trinajstić information content (AvgIpc) is 2.98. The molecular formula is C13H13Cl3N2O2S2. The Morgan fingerprint density at radius 3 is 2.55 bits per heavy atom. The maximum atomic E-state index is 12.1. The summed E-state index contributed by atoms with van der Waals surface area (Å²) in [5.41, 5.74) is 0.101.